The van der Waals surface area contributed by atoms with E-state index in [4.69, 9.17) is 9.81 Å². The Morgan fingerprint density at radius 2 is 1.79 bits per heavy atom. The second-order valence-electron chi connectivity index (χ2n) is 3.61. The van der Waals surface area contributed by atoms with Crippen molar-refractivity contribution in [2.24, 2.45) is 0 Å². The maximum absolute atomic E-state index is 10.5. The minimum Gasteiger partial charge on any atom is -0.282 e. The third-order valence-electron chi connectivity index (χ3n) is 2.10. The van der Waals surface area contributed by atoms with Crippen LogP contribution in [0, 0.1) is 18.3 Å². The Morgan fingerprint density at radius 3 is 2.16 bits per heavy atom. The van der Waals surface area contributed by atoms with E-state index in [1.54, 1.807) is 36.5 Å². The van der Waals surface area contributed by atoms with Gasteiger partial charge >= 0.3 is 0 Å². The molecule has 0 bridgehead atoms. The number of aryl methyl sites for hydroxylation is 1. The summed E-state index contributed by atoms with van der Waals surface area (Å²) in [6.45, 7) is 1.84. The Labute approximate surface area is 111 Å². The molecular formula is C13H12N2O3S. The summed E-state index contributed by atoms with van der Waals surface area (Å²) in [5.41, 5.74) is 1.42. The fraction of sp³-hybridized carbons (Fsp3) is 0.0769. The number of aromatic nitrogens is 1. The van der Waals surface area contributed by atoms with E-state index >= 15 is 0 Å². The van der Waals surface area contributed by atoms with Crippen LogP contribution in [0.15, 0.2) is 53.6 Å². The largest absolute Gasteiger partial charge is 0.294 e. The molecule has 1 N–H and O–H groups in total. The van der Waals surface area contributed by atoms with Gasteiger partial charge in [-0.25, -0.2) is 4.98 Å². The first kappa shape index (κ1) is 14.8. The molecule has 19 heavy (non-hydrogen) atoms. The van der Waals surface area contributed by atoms with Crippen LogP contribution in [0.5, 0.6) is 0 Å². The molecule has 1 aromatic heterocycles. The van der Waals surface area contributed by atoms with Gasteiger partial charge in [-0.15, -0.1) is 0 Å². The summed E-state index contributed by atoms with van der Waals surface area (Å²) < 4.78 is 29.6. The molecule has 0 unspecified atom stereocenters. The molecule has 0 aliphatic rings. The van der Waals surface area contributed by atoms with E-state index in [1.807, 2.05) is 13.0 Å². The van der Waals surface area contributed by atoms with Gasteiger partial charge in [0.05, 0.1) is 4.90 Å². The molecular weight excluding hydrogens is 264 g/mol. The summed E-state index contributed by atoms with van der Waals surface area (Å²) >= 11 is 0. The van der Waals surface area contributed by atoms with Crippen LogP contribution >= 0.6 is 0 Å². The highest BCUT2D eigenvalue weighted by Gasteiger charge is 2.06. The molecule has 1 aromatic carbocycles. The molecule has 98 valence electrons. The first-order chi connectivity index (χ1) is 8.93. The van der Waals surface area contributed by atoms with Gasteiger partial charge in [0.2, 0.25) is 0 Å². The van der Waals surface area contributed by atoms with Crippen molar-refractivity contribution in [2.75, 3.05) is 0 Å². The Balaban J connectivity index is 0.000000200. The molecule has 0 saturated carbocycles. The van der Waals surface area contributed by atoms with Crippen molar-refractivity contribution in [2.45, 2.75) is 11.8 Å². The summed E-state index contributed by atoms with van der Waals surface area (Å²) in [4.78, 5) is 3.67. The number of hydrogen-bond donors (Lipinski definition) is 1. The molecule has 0 spiro atoms. The Kier molecular flexibility index (Phi) is 5.18. The van der Waals surface area contributed by atoms with Gasteiger partial charge in [-0.1, -0.05) is 23.8 Å². The molecule has 6 heteroatoms. The second-order valence-corrected chi connectivity index (χ2v) is 5.04. The molecule has 0 fully saturated rings. The standard InChI is InChI=1S/C7H8O3S.C6H4N2/c1-6-2-4-7(5-3-6)11(8,9)10;7-5-6-3-1-2-4-8-6/h2-5H,1H3,(H,8,9,10);1-4H. The first-order valence-electron chi connectivity index (χ1n) is 5.29. The monoisotopic (exact) mass is 276 g/mol. The van der Waals surface area contributed by atoms with E-state index < -0.39 is 10.1 Å². The highest BCUT2D eigenvalue weighted by atomic mass is 32.2. The van der Waals surface area contributed by atoms with Gasteiger partial charge in [0.25, 0.3) is 10.1 Å². The Morgan fingerprint density at radius 1 is 1.16 bits per heavy atom. The molecule has 5 nitrogen and oxygen atoms in total. The highest BCUT2D eigenvalue weighted by molar-refractivity contribution is 7.85. The van der Waals surface area contributed by atoms with E-state index in [9.17, 15) is 8.42 Å². The lowest BCUT2D eigenvalue weighted by molar-refractivity contribution is 0.483. The van der Waals surface area contributed by atoms with Crippen LogP contribution < -0.4 is 0 Å². The third kappa shape index (κ3) is 5.29. The van der Waals surface area contributed by atoms with Gasteiger partial charge in [0.1, 0.15) is 11.8 Å². The van der Waals surface area contributed by atoms with Crippen LogP contribution in [-0.2, 0) is 10.1 Å². The minimum atomic E-state index is -4.02. The predicted octanol–water partition coefficient (Wildman–Crippen LogP) is 2.20. The van der Waals surface area contributed by atoms with Crippen molar-refractivity contribution in [3.05, 3.63) is 59.9 Å². The number of pyridine rings is 1. The SMILES string of the molecule is Cc1ccc(S(=O)(=O)O)cc1.N#Cc1ccccn1. The summed E-state index contributed by atoms with van der Waals surface area (Å²) in [5.74, 6) is 0. The van der Waals surface area contributed by atoms with Crippen molar-refractivity contribution in [3.8, 4) is 6.07 Å². The Hall–Kier alpha value is -2.23. The van der Waals surface area contributed by atoms with E-state index in [1.165, 1.54) is 12.1 Å². The van der Waals surface area contributed by atoms with Gasteiger partial charge in [-0.2, -0.15) is 13.7 Å². The average Bonchev–Trinajstić information content (AvgIpc) is 2.40. The van der Waals surface area contributed by atoms with Gasteiger partial charge in [-0.3, -0.25) is 4.55 Å². The van der Waals surface area contributed by atoms with Gasteiger partial charge in [0.15, 0.2) is 0 Å². The minimum absolute atomic E-state index is 0.0666. The number of hydrogen-bond acceptors (Lipinski definition) is 4. The molecule has 0 aliphatic carbocycles. The Bertz CT molecular complexity index is 659. The lowest BCUT2D eigenvalue weighted by atomic mass is 10.2. The summed E-state index contributed by atoms with van der Waals surface area (Å²) in [6, 6.07) is 13.1. The molecule has 0 aliphatic heterocycles. The van der Waals surface area contributed by atoms with Crippen molar-refractivity contribution in [1.29, 1.82) is 5.26 Å². The number of benzene rings is 1. The van der Waals surface area contributed by atoms with Crippen LogP contribution in [0.2, 0.25) is 0 Å². The normalized spacial score (nSPS) is 9.95. The quantitative estimate of drug-likeness (QED) is 0.806. The van der Waals surface area contributed by atoms with Crippen LogP contribution in [0.4, 0.5) is 0 Å². The summed E-state index contributed by atoms with van der Waals surface area (Å²) in [6.07, 6.45) is 1.60. The zero-order chi connectivity index (χ0) is 14.3. The third-order valence-corrected chi connectivity index (χ3v) is 2.97. The van der Waals surface area contributed by atoms with Crippen LogP contribution in [0.1, 0.15) is 11.3 Å². The maximum Gasteiger partial charge on any atom is 0.294 e. The van der Waals surface area contributed by atoms with E-state index in [0.29, 0.717) is 5.69 Å². The molecule has 2 aromatic rings. The summed E-state index contributed by atoms with van der Waals surface area (Å²) in [5, 5.41) is 8.23. The van der Waals surface area contributed by atoms with Crippen LogP contribution in [-0.4, -0.2) is 18.0 Å². The van der Waals surface area contributed by atoms with E-state index in [2.05, 4.69) is 4.98 Å². The number of nitrogens with zero attached hydrogens (tertiary/aromatic N) is 2. The van der Waals surface area contributed by atoms with Crippen molar-refractivity contribution < 1.29 is 13.0 Å². The molecule has 2 rings (SSSR count). The molecule has 1 heterocycles. The summed E-state index contributed by atoms with van der Waals surface area (Å²) in [7, 11) is -4.02. The highest BCUT2D eigenvalue weighted by Crippen LogP contribution is 2.08. The van der Waals surface area contributed by atoms with Crippen LogP contribution in [0.25, 0.3) is 0 Å². The predicted molar refractivity (Wildman–Crippen MR) is 69.9 cm³/mol. The van der Waals surface area contributed by atoms with E-state index in [-0.39, 0.29) is 4.90 Å². The first-order valence-corrected chi connectivity index (χ1v) is 6.73. The second kappa shape index (κ2) is 6.64. The van der Waals surface area contributed by atoms with Gasteiger partial charge < -0.3 is 0 Å². The fourth-order valence-corrected chi connectivity index (χ4v) is 1.62. The molecule has 0 atom stereocenters. The fourth-order valence-electron chi connectivity index (χ4n) is 1.14. The average molecular weight is 276 g/mol. The zero-order valence-corrected chi connectivity index (χ0v) is 11.0. The van der Waals surface area contributed by atoms with Gasteiger partial charge in [-0.05, 0) is 31.2 Å². The molecule has 0 saturated heterocycles. The van der Waals surface area contributed by atoms with Crippen molar-refractivity contribution >= 4 is 10.1 Å². The maximum atomic E-state index is 10.5. The molecule has 0 amide bonds. The molecule has 0 radical (unpaired) electrons. The van der Waals surface area contributed by atoms with Gasteiger partial charge in [0, 0.05) is 6.20 Å². The van der Waals surface area contributed by atoms with Crippen LogP contribution in [0.3, 0.4) is 0 Å². The lowest BCUT2D eigenvalue weighted by Gasteiger charge is -1.95. The van der Waals surface area contributed by atoms with E-state index in [0.717, 1.165) is 5.56 Å². The number of nitriles is 1. The number of rotatable bonds is 1. The van der Waals surface area contributed by atoms with Crippen molar-refractivity contribution in [3.63, 3.8) is 0 Å². The lowest BCUT2D eigenvalue weighted by Crippen LogP contribution is -1.96. The smallest absolute Gasteiger partial charge is 0.282 e. The zero-order valence-electron chi connectivity index (χ0n) is 10.2. The van der Waals surface area contributed by atoms with Crippen molar-refractivity contribution in [1.82, 2.24) is 4.98 Å². The topological polar surface area (TPSA) is 91.0 Å².